The van der Waals surface area contributed by atoms with E-state index in [0.29, 0.717) is 6.42 Å². The Morgan fingerprint density at radius 3 is 2.47 bits per heavy atom. The number of hydrogen-bond acceptors (Lipinski definition) is 5. The van der Waals surface area contributed by atoms with Crippen LogP contribution in [0, 0.1) is 20.2 Å². The summed E-state index contributed by atoms with van der Waals surface area (Å²) in [6.45, 7) is 0.132. The summed E-state index contributed by atoms with van der Waals surface area (Å²) in [5.41, 5.74) is 4.57. The van der Waals surface area contributed by atoms with E-state index >= 15 is 0 Å². The number of carbonyl (C=O) groups is 1. The van der Waals surface area contributed by atoms with Crippen LogP contribution in [-0.2, 0) is 11.3 Å². The third-order valence-corrected chi connectivity index (χ3v) is 2.08. The van der Waals surface area contributed by atoms with Gasteiger partial charge in [0.25, 0.3) is 0 Å². The summed E-state index contributed by atoms with van der Waals surface area (Å²) in [4.78, 5) is 30.2. The molecule has 9 nitrogen and oxygen atoms in total. The summed E-state index contributed by atoms with van der Waals surface area (Å²) in [6, 6.07) is 0.879. The van der Waals surface area contributed by atoms with Crippen molar-refractivity contribution in [3.05, 3.63) is 32.5 Å². The van der Waals surface area contributed by atoms with E-state index in [1.165, 1.54) is 0 Å². The van der Waals surface area contributed by atoms with Crippen molar-refractivity contribution in [2.75, 3.05) is 0 Å². The van der Waals surface area contributed by atoms with Gasteiger partial charge in [0.15, 0.2) is 6.20 Å². The lowest BCUT2D eigenvalue weighted by molar-refractivity contribution is -0.394. The zero-order valence-electron chi connectivity index (χ0n) is 8.74. The summed E-state index contributed by atoms with van der Waals surface area (Å²) in [5.74, 6) is -0.893. The molecule has 0 aliphatic carbocycles. The first kappa shape index (κ1) is 12.6. The van der Waals surface area contributed by atoms with Crippen LogP contribution in [0.4, 0.5) is 11.5 Å². The summed E-state index contributed by atoms with van der Waals surface area (Å²) < 4.78 is 1.13. The first-order chi connectivity index (χ1) is 7.91. The molecule has 1 rings (SSSR count). The molecule has 0 bridgehead atoms. The van der Waals surface area contributed by atoms with Crippen LogP contribution in [0.5, 0.6) is 0 Å². The van der Waals surface area contributed by atoms with Gasteiger partial charge in [-0.3, -0.25) is 14.9 Å². The predicted octanol–water partition coefficient (Wildman–Crippen LogP) is 0.570. The molecule has 0 aliphatic rings. The van der Waals surface area contributed by atoms with Crippen LogP contribution in [-0.4, -0.2) is 20.3 Å². The third kappa shape index (κ3) is 3.26. The van der Waals surface area contributed by atoms with Crippen molar-refractivity contribution >= 4 is 17.4 Å². The van der Waals surface area contributed by atoms with Crippen molar-refractivity contribution in [2.24, 2.45) is 5.73 Å². The number of primary amides is 1. The fourth-order valence-corrected chi connectivity index (χ4v) is 1.34. The van der Waals surface area contributed by atoms with E-state index in [1.807, 2.05) is 0 Å². The number of rotatable bonds is 6. The topological polar surface area (TPSA) is 134 Å². The second kappa shape index (κ2) is 5.05. The molecular formula is C8H10N4O5. The quantitative estimate of drug-likeness (QED) is 0.574. The number of amides is 1. The van der Waals surface area contributed by atoms with E-state index in [1.54, 1.807) is 0 Å². The average Bonchev–Trinajstić information content (AvgIpc) is 2.61. The number of nitrogens with zero attached hydrogens (tertiary/aromatic N) is 3. The maximum Gasteiger partial charge on any atom is 0.330 e. The van der Waals surface area contributed by atoms with E-state index in [2.05, 4.69) is 0 Å². The minimum atomic E-state index is -0.711. The molecule has 17 heavy (non-hydrogen) atoms. The standard InChI is InChI=1S/C8H10N4O5/c9-7(13)2-1-3-10-5-6(11(14)15)4-8(10)12(16)17/h4-5H,1-3H2,(H2,9,13). The minimum absolute atomic E-state index is 0.0726. The largest absolute Gasteiger partial charge is 0.370 e. The first-order valence-corrected chi connectivity index (χ1v) is 4.69. The van der Waals surface area contributed by atoms with Crippen molar-refractivity contribution < 1.29 is 14.6 Å². The molecule has 0 saturated heterocycles. The van der Waals surface area contributed by atoms with Gasteiger partial charge in [0.2, 0.25) is 5.91 Å². The lowest BCUT2D eigenvalue weighted by Gasteiger charge is -1.99. The maximum atomic E-state index is 10.6. The zero-order valence-corrected chi connectivity index (χ0v) is 8.74. The molecule has 1 heterocycles. The highest BCUT2D eigenvalue weighted by Gasteiger charge is 2.22. The lowest BCUT2D eigenvalue weighted by atomic mass is 10.3. The fourth-order valence-electron chi connectivity index (χ4n) is 1.34. The number of carbonyl (C=O) groups excluding carboxylic acids is 1. The second-order valence-corrected chi connectivity index (χ2v) is 3.33. The molecule has 0 atom stereocenters. The molecule has 0 spiro atoms. The van der Waals surface area contributed by atoms with Gasteiger partial charge in [0.1, 0.15) is 6.07 Å². The summed E-state index contributed by atoms with van der Waals surface area (Å²) >= 11 is 0. The van der Waals surface area contributed by atoms with Gasteiger partial charge in [0, 0.05) is 6.42 Å². The Morgan fingerprint density at radius 1 is 1.35 bits per heavy atom. The van der Waals surface area contributed by atoms with E-state index in [4.69, 9.17) is 5.73 Å². The normalized spacial score (nSPS) is 10.1. The molecule has 0 unspecified atom stereocenters. The number of aromatic nitrogens is 1. The van der Waals surface area contributed by atoms with Crippen LogP contribution in [0.2, 0.25) is 0 Å². The summed E-state index contributed by atoms with van der Waals surface area (Å²) in [5, 5.41) is 21.1. The monoisotopic (exact) mass is 242 g/mol. The van der Waals surface area contributed by atoms with Crippen molar-refractivity contribution in [1.29, 1.82) is 0 Å². The fraction of sp³-hybridized carbons (Fsp3) is 0.375. The van der Waals surface area contributed by atoms with Crippen LogP contribution < -0.4 is 5.73 Å². The lowest BCUT2D eigenvalue weighted by Crippen LogP contribution is -2.11. The summed E-state index contributed by atoms with van der Waals surface area (Å²) in [7, 11) is 0. The molecule has 0 radical (unpaired) electrons. The number of hydrogen-bond donors (Lipinski definition) is 1. The molecule has 0 saturated carbocycles. The number of aryl methyl sites for hydroxylation is 1. The van der Waals surface area contributed by atoms with Gasteiger partial charge in [0.05, 0.1) is 11.5 Å². The van der Waals surface area contributed by atoms with Crippen molar-refractivity contribution in [2.45, 2.75) is 19.4 Å². The van der Waals surface area contributed by atoms with E-state index in [0.717, 1.165) is 16.8 Å². The third-order valence-electron chi connectivity index (χ3n) is 2.08. The van der Waals surface area contributed by atoms with Crippen LogP contribution >= 0.6 is 0 Å². The van der Waals surface area contributed by atoms with Crippen LogP contribution in [0.1, 0.15) is 12.8 Å². The molecule has 1 amide bonds. The molecule has 0 fully saturated rings. The minimum Gasteiger partial charge on any atom is -0.370 e. The average molecular weight is 242 g/mol. The summed E-state index contributed by atoms with van der Waals surface area (Å²) in [6.07, 6.45) is 1.43. The van der Waals surface area contributed by atoms with Crippen LogP contribution in [0.3, 0.4) is 0 Å². The molecule has 92 valence electrons. The van der Waals surface area contributed by atoms with E-state index in [9.17, 15) is 25.0 Å². The van der Waals surface area contributed by atoms with Gasteiger partial charge < -0.3 is 15.8 Å². The SMILES string of the molecule is NC(=O)CCCn1cc([N+](=O)[O-])cc1[N+](=O)[O-]. The second-order valence-electron chi connectivity index (χ2n) is 3.33. The highest BCUT2D eigenvalue weighted by molar-refractivity contribution is 5.73. The van der Waals surface area contributed by atoms with E-state index in [-0.39, 0.29) is 24.5 Å². The van der Waals surface area contributed by atoms with Gasteiger partial charge in [-0.05, 0) is 11.3 Å². The molecular weight excluding hydrogens is 232 g/mol. The van der Waals surface area contributed by atoms with Crippen LogP contribution in [0.25, 0.3) is 0 Å². The molecule has 1 aromatic rings. The number of nitro groups is 2. The Balaban J connectivity index is 2.85. The highest BCUT2D eigenvalue weighted by atomic mass is 16.6. The van der Waals surface area contributed by atoms with Gasteiger partial charge in [-0.2, -0.15) is 0 Å². The smallest absolute Gasteiger partial charge is 0.330 e. The van der Waals surface area contributed by atoms with Crippen molar-refractivity contribution in [3.8, 4) is 0 Å². The van der Waals surface area contributed by atoms with Gasteiger partial charge >= 0.3 is 11.5 Å². The Kier molecular flexibility index (Phi) is 3.75. The van der Waals surface area contributed by atoms with Crippen molar-refractivity contribution in [1.82, 2.24) is 4.57 Å². The molecule has 2 N–H and O–H groups in total. The van der Waals surface area contributed by atoms with Gasteiger partial charge in [-0.25, -0.2) is 4.57 Å². The Hall–Kier alpha value is -2.45. The molecule has 0 aromatic carbocycles. The van der Waals surface area contributed by atoms with E-state index < -0.39 is 15.8 Å². The van der Waals surface area contributed by atoms with Gasteiger partial charge in [-0.1, -0.05) is 0 Å². The van der Waals surface area contributed by atoms with Gasteiger partial charge in [-0.15, -0.1) is 0 Å². The highest BCUT2D eigenvalue weighted by Crippen LogP contribution is 2.23. The molecule has 0 aliphatic heterocycles. The Labute approximate surface area is 95.1 Å². The van der Waals surface area contributed by atoms with Crippen molar-refractivity contribution in [3.63, 3.8) is 0 Å². The Morgan fingerprint density at radius 2 is 2.00 bits per heavy atom. The first-order valence-electron chi connectivity index (χ1n) is 4.69. The van der Waals surface area contributed by atoms with Crippen LogP contribution in [0.15, 0.2) is 12.3 Å². The maximum absolute atomic E-state index is 10.6. The zero-order chi connectivity index (χ0) is 13.0. The number of nitrogens with two attached hydrogens (primary N) is 1. The Bertz CT molecular complexity index is 466. The predicted molar refractivity (Wildman–Crippen MR) is 56.2 cm³/mol. The molecule has 9 heteroatoms. The molecule has 1 aromatic heterocycles.